The second-order valence-electron chi connectivity index (χ2n) is 6.96. The second kappa shape index (κ2) is 8.84. The summed E-state index contributed by atoms with van der Waals surface area (Å²) in [5, 5.41) is 19.7. The molecule has 3 aromatic rings. The van der Waals surface area contributed by atoms with Gasteiger partial charge in [0.05, 0.1) is 19.9 Å². The number of fused-ring (bicyclic) bond motifs is 1. The number of carbonyl (C=O) groups excluding carboxylic acids is 1. The molecule has 1 amide bonds. The lowest BCUT2D eigenvalue weighted by Crippen LogP contribution is -2.26. The van der Waals surface area contributed by atoms with Crippen molar-refractivity contribution in [1.82, 2.24) is 9.78 Å². The van der Waals surface area contributed by atoms with Crippen molar-refractivity contribution in [3.05, 3.63) is 77.6 Å². The molecular weight excluding hydrogens is 412 g/mol. The number of hydrogen-bond acceptors (Lipinski definition) is 6. The minimum absolute atomic E-state index is 0.0512. The van der Waals surface area contributed by atoms with Crippen molar-refractivity contribution in [1.29, 1.82) is 0 Å². The molecule has 0 bridgehead atoms. The van der Waals surface area contributed by atoms with Crippen molar-refractivity contribution in [2.45, 2.75) is 13.0 Å². The molecule has 1 aliphatic rings. The first-order valence-corrected chi connectivity index (χ1v) is 9.98. The van der Waals surface area contributed by atoms with Gasteiger partial charge in [0, 0.05) is 17.3 Å². The van der Waals surface area contributed by atoms with Gasteiger partial charge in [0.15, 0.2) is 0 Å². The molecule has 1 aliphatic heterocycles. The molecule has 164 valence electrons. The van der Waals surface area contributed by atoms with Gasteiger partial charge in [0.25, 0.3) is 5.91 Å². The molecule has 0 aliphatic carbocycles. The van der Waals surface area contributed by atoms with Crippen molar-refractivity contribution < 1.29 is 24.2 Å². The quantitative estimate of drug-likeness (QED) is 0.521. The van der Waals surface area contributed by atoms with E-state index in [-0.39, 0.29) is 17.1 Å². The maximum absolute atomic E-state index is 13.0. The van der Waals surface area contributed by atoms with E-state index in [4.69, 9.17) is 9.47 Å². The van der Waals surface area contributed by atoms with Crippen LogP contribution in [0.3, 0.4) is 0 Å². The molecule has 1 aromatic heterocycles. The molecule has 0 saturated carbocycles. The Hall–Kier alpha value is -4.27. The smallest absolute Gasteiger partial charge is 0.352 e. The Labute approximate surface area is 184 Å². The van der Waals surface area contributed by atoms with Gasteiger partial charge in [-0.25, -0.2) is 9.48 Å². The molecule has 0 radical (unpaired) electrons. The van der Waals surface area contributed by atoms with Gasteiger partial charge in [-0.15, -0.1) is 0 Å². The lowest BCUT2D eigenvalue weighted by Gasteiger charge is -2.25. The van der Waals surface area contributed by atoms with E-state index in [0.717, 1.165) is 5.56 Å². The molecule has 3 N–H and O–H groups in total. The number of nitrogens with zero attached hydrogens (tertiary/aromatic N) is 2. The third-order valence-corrected chi connectivity index (χ3v) is 4.98. The highest BCUT2D eigenvalue weighted by Crippen LogP contribution is 2.36. The van der Waals surface area contributed by atoms with Crippen LogP contribution in [0.1, 0.15) is 28.9 Å². The number of aromatic nitrogens is 2. The Bertz CT molecular complexity index is 1200. The monoisotopic (exact) mass is 434 g/mol. The number of hydrogen-bond donors (Lipinski definition) is 3. The highest BCUT2D eigenvalue weighted by molar-refractivity contribution is 6.08. The first kappa shape index (κ1) is 21.0. The Morgan fingerprint density at radius 2 is 2.03 bits per heavy atom. The van der Waals surface area contributed by atoms with Gasteiger partial charge in [0.1, 0.15) is 34.6 Å². The van der Waals surface area contributed by atoms with Crippen LogP contribution in [-0.4, -0.2) is 40.5 Å². The van der Waals surface area contributed by atoms with E-state index in [1.807, 2.05) is 31.2 Å². The lowest BCUT2D eigenvalue weighted by molar-refractivity contribution is -0.132. The Balaban J connectivity index is 1.73. The molecule has 2 heterocycles. The summed E-state index contributed by atoms with van der Waals surface area (Å²) in [6, 6.07) is 13.7. The van der Waals surface area contributed by atoms with Crippen LogP contribution in [0, 0.1) is 0 Å². The molecule has 1 unspecified atom stereocenters. The summed E-state index contributed by atoms with van der Waals surface area (Å²) in [4.78, 5) is 24.8. The number of para-hydroxylation sites is 1. The fourth-order valence-electron chi connectivity index (χ4n) is 3.52. The number of nitrogens with one attached hydrogen (secondary N) is 2. The van der Waals surface area contributed by atoms with Crippen LogP contribution in [0.25, 0.3) is 0 Å². The molecule has 9 heteroatoms. The zero-order valence-corrected chi connectivity index (χ0v) is 17.5. The van der Waals surface area contributed by atoms with Gasteiger partial charge < -0.3 is 25.2 Å². The van der Waals surface area contributed by atoms with Gasteiger partial charge in [0.2, 0.25) is 0 Å². The second-order valence-corrected chi connectivity index (χ2v) is 6.96. The molecular formula is C23H22N4O5. The van der Waals surface area contributed by atoms with Crippen molar-refractivity contribution in [2.75, 3.05) is 24.4 Å². The molecule has 2 aromatic carbocycles. The van der Waals surface area contributed by atoms with Crippen molar-refractivity contribution in [3.63, 3.8) is 0 Å². The first-order chi connectivity index (χ1) is 15.5. The van der Waals surface area contributed by atoms with Gasteiger partial charge in [-0.3, -0.25) is 4.79 Å². The summed E-state index contributed by atoms with van der Waals surface area (Å²) in [6.45, 7) is 2.33. The predicted molar refractivity (Wildman–Crippen MR) is 118 cm³/mol. The van der Waals surface area contributed by atoms with Gasteiger partial charge in [-0.05, 0) is 31.2 Å². The van der Waals surface area contributed by atoms with Crippen LogP contribution < -0.4 is 20.1 Å². The number of allylic oxidation sites excluding steroid dienone is 1. The SMILES string of the molecule is CCOc1ccccc1C1C=C(C(=O)O)Nc2c(C(=O)Nc3cccc(OC)c3)cnn21. The standard InChI is InChI=1S/C23H22N4O5/c1-3-32-20-10-5-4-9-16(20)19-12-18(23(29)30)26-21-17(13-24-27(19)21)22(28)25-14-7-6-8-15(11-14)31-2/h4-13,19,26H,3H2,1-2H3,(H,25,28)(H,29,30). The molecule has 0 saturated heterocycles. The van der Waals surface area contributed by atoms with E-state index < -0.39 is 17.9 Å². The highest BCUT2D eigenvalue weighted by Gasteiger charge is 2.30. The fraction of sp³-hybridized carbons (Fsp3) is 0.174. The van der Waals surface area contributed by atoms with Crippen molar-refractivity contribution in [2.24, 2.45) is 0 Å². The summed E-state index contributed by atoms with van der Waals surface area (Å²) in [5.74, 6) is -0.0825. The van der Waals surface area contributed by atoms with E-state index in [1.165, 1.54) is 6.20 Å². The van der Waals surface area contributed by atoms with Crippen LogP contribution in [0.4, 0.5) is 11.5 Å². The third kappa shape index (κ3) is 4.00. The largest absolute Gasteiger partial charge is 0.497 e. The number of aliphatic carboxylic acids is 1. The molecule has 4 rings (SSSR count). The molecule has 1 atom stereocenters. The number of benzene rings is 2. The van der Waals surface area contributed by atoms with Gasteiger partial charge >= 0.3 is 5.97 Å². The molecule has 0 fully saturated rings. The van der Waals surface area contributed by atoms with Crippen LogP contribution in [0.15, 0.2) is 66.5 Å². The van der Waals surface area contributed by atoms with Crippen LogP contribution >= 0.6 is 0 Å². The summed E-state index contributed by atoms with van der Waals surface area (Å²) < 4.78 is 12.5. The number of ether oxygens (including phenoxy) is 2. The van der Waals surface area contributed by atoms with Crippen molar-refractivity contribution in [3.8, 4) is 11.5 Å². The molecule has 0 spiro atoms. The number of anilines is 2. The number of methoxy groups -OCH3 is 1. The lowest BCUT2D eigenvalue weighted by atomic mass is 10.0. The van der Waals surface area contributed by atoms with Crippen LogP contribution in [0.5, 0.6) is 11.5 Å². The predicted octanol–water partition coefficient (Wildman–Crippen LogP) is 3.53. The third-order valence-electron chi connectivity index (χ3n) is 4.98. The summed E-state index contributed by atoms with van der Waals surface area (Å²) >= 11 is 0. The van der Waals surface area contributed by atoms with Gasteiger partial charge in [-0.2, -0.15) is 5.10 Å². The first-order valence-electron chi connectivity index (χ1n) is 9.98. The van der Waals surface area contributed by atoms with E-state index in [9.17, 15) is 14.7 Å². The van der Waals surface area contributed by atoms with Crippen molar-refractivity contribution >= 4 is 23.4 Å². The normalized spacial score (nSPS) is 14.6. The Morgan fingerprint density at radius 3 is 2.78 bits per heavy atom. The number of carboxylic acid groups (broad SMARTS) is 1. The van der Waals surface area contributed by atoms with E-state index in [0.29, 0.717) is 23.8 Å². The minimum Gasteiger partial charge on any atom is -0.497 e. The maximum Gasteiger partial charge on any atom is 0.352 e. The number of rotatable bonds is 7. The average Bonchev–Trinajstić information content (AvgIpc) is 3.23. The average molecular weight is 434 g/mol. The van der Waals surface area contributed by atoms with Gasteiger partial charge in [-0.1, -0.05) is 24.3 Å². The Morgan fingerprint density at radius 1 is 1.22 bits per heavy atom. The Kier molecular flexibility index (Phi) is 5.80. The highest BCUT2D eigenvalue weighted by atomic mass is 16.5. The number of amides is 1. The molecule has 9 nitrogen and oxygen atoms in total. The summed E-state index contributed by atoms with van der Waals surface area (Å²) in [7, 11) is 1.54. The number of carboxylic acids is 1. The molecule has 32 heavy (non-hydrogen) atoms. The fourth-order valence-corrected chi connectivity index (χ4v) is 3.52. The maximum atomic E-state index is 13.0. The van der Waals surface area contributed by atoms with Crippen LogP contribution in [-0.2, 0) is 4.79 Å². The summed E-state index contributed by atoms with van der Waals surface area (Å²) in [6.07, 6.45) is 2.96. The minimum atomic E-state index is -1.14. The van der Waals surface area contributed by atoms with Crippen LogP contribution in [0.2, 0.25) is 0 Å². The zero-order valence-electron chi connectivity index (χ0n) is 17.5. The van der Waals surface area contributed by atoms with E-state index in [1.54, 1.807) is 42.1 Å². The zero-order chi connectivity index (χ0) is 22.7. The summed E-state index contributed by atoms with van der Waals surface area (Å²) in [5.41, 5.74) is 1.43. The number of carbonyl (C=O) groups is 2. The topological polar surface area (TPSA) is 115 Å². The van der Waals surface area contributed by atoms with E-state index in [2.05, 4.69) is 15.7 Å². The van der Waals surface area contributed by atoms with E-state index >= 15 is 0 Å².